The Morgan fingerprint density at radius 1 is 1.15 bits per heavy atom. The van der Waals surface area contributed by atoms with E-state index in [1.54, 1.807) is 0 Å². The van der Waals surface area contributed by atoms with Gasteiger partial charge < -0.3 is 10.1 Å². The second-order valence-corrected chi connectivity index (χ2v) is 5.34. The molecule has 1 unspecified atom stereocenters. The highest BCUT2D eigenvalue weighted by Crippen LogP contribution is 2.10. The first-order valence-electron chi connectivity index (χ1n) is 6.87. The van der Waals surface area contributed by atoms with Crippen LogP contribution >= 0.6 is 0 Å². The lowest BCUT2D eigenvalue weighted by atomic mass is 9.98. The lowest BCUT2D eigenvalue weighted by Crippen LogP contribution is -2.47. The van der Waals surface area contributed by atoms with Crippen molar-refractivity contribution in [2.45, 2.75) is 33.2 Å². The van der Waals surface area contributed by atoms with Crippen LogP contribution in [0.2, 0.25) is 0 Å². The SMILES string of the molecule is COC(=O)[C@@H](NC(=O)C(C)Cc1ccccc1)C(C)C. The van der Waals surface area contributed by atoms with Gasteiger partial charge in [0.15, 0.2) is 0 Å². The molecule has 4 nitrogen and oxygen atoms in total. The van der Waals surface area contributed by atoms with Crippen molar-refractivity contribution in [2.24, 2.45) is 11.8 Å². The monoisotopic (exact) mass is 277 g/mol. The maximum Gasteiger partial charge on any atom is 0.328 e. The fourth-order valence-corrected chi connectivity index (χ4v) is 1.98. The molecule has 1 amide bonds. The van der Waals surface area contributed by atoms with Crippen LogP contribution in [-0.2, 0) is 20.7 Å². The molecular formula is C16H23NO3. The molecule has 1 aromatic rings. The fraction of sp³-hybridized carbons (Fsp3) is 0.500. The quantitative estimate of drug-likeness (QED) is 0.811. The first-order chi connectivity index (χ1) is 9.45. The third kappa shape index (κ3) is 4.68. The summed E-state index contributed by atoms with van der Waals surface area (Å²) >= 11 is 0. The van der Waals surface area contributed by atoms with Gasteiger partial charge in [-0.05, 0) is 17.9 Å². The zero-order valence-electron chi connectivity index (χ0n) is 12.6. The van der Waals surface area contributed by atoms with Crippen molar-refractivity contribution in [2.75, 3.05) is 7.11 Å². The lowest BCUT2D eigenvalue weighted by Gasteiger charge is -2.22. The number of methoxy groups -OCH3 is 1. The Bertz CT molecular complexity index is 442. The molecule has 2 atom stereocenters. The van der Waals surface area contributed by atoms with Gasteiger partial charge in [-0.15, -0.1) is 0 Å². The van der Waals surface area contributed by atoms with Gasteiger partial charge in [0.05, 0.1) is 7.11 Å². The third-order valence-corrected chi connectivity index (χ3v) is 3.25. The van der Waals surface area contributed by atoms with E-state index in [0.717, 1.165) is 5.56 Å². The van der Waals surface area contributed by atoms with Gasteiger partial charge in [-0.1, -0.05) is 51.1 Å². The molecule has 0 heterocycles. The van der Waals surface area contributed by atoms with Crippen LogP contribution < -0.4 is 5.32 Å². The highest BCUT2D eigenvalue weighted by Gasteiger charge is 2.26. The molecule has 0 aliphatic rings. The molecule has 0 aromatic heterocycles. The number of esters is 1. The normalized spacial score (nSPS) is 13.7. The molecule has 0 aliphatic heterocycles. The molecule has 110 valence electrons. The Balaban J connectivity index is 2.62. The molecule has 0 bridgehead atoms. The Kier molecular flexibility index (Phi) is 6.22. The second kappa shape index (κ2) is 7.68. The zero-order valence-corrected chi connectivity index (χ0v) is 12.6. The van der Waals surface area contributed by atoms with E-state index < -0.39 is 12.0 Å². The van der Waals surface area contributed by atoms with Crippen LogP contribution in [0, 0.1) is 11.8 Å². The molecule has 0 saturated heterocycles. The Hall–Kier alpha value is -1.84. The predicted octanol–water partition coefficient (Wildman–Crippen LogP) is 2.18. The van der Waals surface area contributed by atoms with E-state index in [1.165, 1.54) is 7.11 Å². The van der Waals surface area contributed by atoms with Crippen molar-refractivity contribution in [1.29, 1.82) is 0 Å². The molecule has 0 saturated carbocycles. The summed E-state index contributed by atoms with van der Waals surface area (Å²) in [6, 6.07) is 9.23. The average molecular weight is 277 g/mol. The molecule has 1 aromatic carbocycles. The number of amides is 1. The van der Waals surface area contributed by atoms with Gasteiger partial charge in [0, 0.05) is 5.92 Å². The second-order valence-electron chi connectivity index (χ2n) is 5.34. The number of carbonyl (C=O) groups excluding carboxylic acids is 2. The highest BCUT2D eigenvalue weighted by atomic mass is 16.5. The third-order valence-electron chi connectivity index (χ3n) is 3.25. The number of hydrogen-bond acceptors (Lipinski definition) is 3. The standard InChI is InChI=1S/C16H23NO3/c1-11(2)14(16(19)20-4)17-15(18)12(3)10-13-8-6-5-7-9-13/h5-9,11-12,14H,10H2,1-4H3,(H,17,18)/t12?,14-/m0/s1. The van der Waals surface area contributed by atoms with E-state index >= 15 is 0 Å². The smallest absolute Gasteiger partial charge is 0.328 e. The number of nitrogens with one attached hydrogen (secondary N) is 1. The molecule has 0 radical (unpaired) electrons. The first kappa shape index (κ1) is 16.2. The van der Waals surface area contributed by atoms with Gasteiger partial charge in [0.25, 0.3) is 0 Å². The van der Waals surface area contributed by atoms with Crippen LogP contribution in [0.1, 0.15) is 26.3 Å². The van der Waals surface area contributed by atoms with E-state index in [4.69, 9.17) is 4.74 Å². The van der Waals surface area contributed by atoms with Crippen molar-refractivity contribution >= 4 is 11.9 Å². The summed E-state index contributed by atoms with van der Waals surface area (Å²) in [5.41, 5.74) is 1.11. The van der Waals surface area contributed by atoms with Crippen LogP contribution in [0.3, 0.4) is 0 Å². The predicted molar refractivity (Wildman–Crippen MR) is 78.1 cm³/mol. The molecular weight excluding hydrogens is 254 g/mol. The van der Waals surface area contributed by atoms with Gasteiger partial charge in [0.1, 0.15) is 6.04 Å². The van der Waals surface area contributed by atoms with Gasteiger partial charge in [-0.3, -0.25) is 4.79 Å². The average Bonchev–Trinajstić information content (AvgIpc) is 2.44. The van der Waals surface area contributed by atoms with Crippen LogP contribution in [0.4, 0.5) is 0 Å². The highest BCUT2D eigenvalue weighted by molar-refractivity contribution is 5.85. The van der Waals surface area contributed by atoms with Crippen LogP contribution in [0.5, 0.6) is 0 Å². The van der Waals surface area contributed by atoms with Crippen molar-refractivity contribution in [1.82, 2.24) is 5.32 Å². The van der Waals surface area contributed by atoms with Crippen molar-refractivity contribution in [3.8, 4) is 0 Å². The van der Waals surface area contributed by atoms with E-state index in [1.807, 2.05) is 51.1 Å². The minimum atomic E-state index is -0.592. The maximum absolute atomic E-state index is 12.2. The summed E-state index contributed by atoms with van der Waals surface area (Å²) in [4.78, 5) is 23.8. The Morgan fingerprint density at radius 3 is 2.25 bits per heavy atom. The topological polar surface area (TPSA) is 55.4 Å². The van der Waals surface area contributed by atoms with E-state index in [-0.39, 0.29) is 17.7 Å². The van der Waals surface area contributed by atoms with E-state index in [2.05, 4.69) is 5.32 Å². The van der Waals surface area contributed by atoms with E-state index in [9.17, 15) is 9.59 Å². The van der Waals surface area contributed by atoms with Gasteiger partial charge in [-0.25, -0.2) is 4.79 Å². The van der Waals surface area contributed by atoms with E-state index in [0.29, 0.717) is 6.42 Å². The molecule has 0 fully saturated rings. The summed E-state index contributed by atoms with van der Waals surface area (Å²) in [6.07, 6.45) is 0.651. The molecule has 0 spiro atoms. The Morgan fingerprint density at radius 2 is 1.75 bits per heavy atom. The summed E-state index contributed by atoms with van der Waals surface area (Å²) in [7, 11) is 1.33. The largest absolute Gasteiger partial charge is 0.467 e. The number of hydrogen-bond donors (Lipinski definition) is 1. The van der Waals surface area contributed by atoms with Gasteiger partial charge in [0.2, 0.25) is 5.91 Å². The number of benzene rings is 1. The number of carbonyl (C=O) groups is 2. The maximum atomic E-state index is 12.2. The van der Waals surface area contributed by atoms with Crippen LogP contribution in [-0.4, -0.2) is 25.0 Å². The molecule has 4 heteroatoms. The van der Waals surface area contributed by atoms with Crippen molar-refractivity contribution in [3.05, 3.63) is 35.9 Å². The molecule has 20 heavy (non-hydrogen) atoms. The number of rotatable bonds is 6. The van der Waals surface area contributed by atoms with Gasteiger partial charge >= 0.3 is 5.97 Å². The minimum absolute atomic E-state index is 0.00433. The van der Waals surface area contributed by atoms with Gasteiger partial charge in [-0.2, -0.15) is 0 Å². The van der Waals surface area contributed by atoms with Crippen LogP contribution in [0.15, 0.2) is 30.3 Å². The lowest BCUT2D eigenvalue weighted by molar-refractivity contribution is -0.146. The molecule has 1 N–H and O–H groups in total. The minimum Gasteiger partial charge on any atom is -0.467 e. The number of ether oxygens (including phenoxy) is 1. The van der Waals surface area contributed by atoms with Crippen LogP contribution in [0.25, 0.3) is 0 Å². The molecule has 0 aliphatic carbocycles. The summed E-state index contributed by atoms with van der Waals surface area (Å²) in [5, 5.41) is 2.77. The first-order valence-corrected chi connectivity index (χ1v) is 6.87. The van der Waals surface area contributed by atoms with Crippen molar-refractivity contribution in [3.63, 3.8) is 0 Å². The zero-order chi connectivity index (χ0) is 15.1. The summed E-state index contributed by atoms with van der Waals surface area (Å²) in [5.74, 6) is -0.725. The van der Waals surface area contributed by atoms with Crippen molar-refractivity contribution < 1.29 is 14.3 Å². The summed E-state index contributed by atoms with van der Waals surface area (Å²) < 4.78 is 4.72. The Labute approximate surface area is 120 Å². The summed E-state index contributed by atoms with van der Waals surface area (Å²) in [6.45, 7) is 5.62. The molecule has 1 rings (SSSR count). The fourth-order valence-electron chi connectivity index (χ4n) is 1.98.